The third-order valence-electron chi connectivity index (χ3n) is 3.10. The molecule has 0 saturated carbocycles. The number of thiophene rings is 1. The normalized spacial score (nSPS) is 11.0. The van der Waals surface area contributed by atoms with E-state index in [1.165, 1.54) is 23.6 Å². The zero-order valence-corrected chi connectivity index (χ0v) is 13.0. The summed E-state index contributed by atoms with van der Waals surface area (Å²) in [6.07, 6.45) is 1.10. The van der Waals surface area contributed by atoms with Crippen LogP contribution < -0.4 is 0 Å². The number of hydrogen-bond donors (Lipinski definition) is 0. The molecule has 6 heteroatoms. The second-order valence-electron chi connectivity index (χ2n) is 4.45. The van der Waals surface area contributed by atoms with Gasteiger partial charge in [-0.3, -0.25) is 9.78 Å². The number of rotatable bonds is 3. The Bertz CT molecular complexity index is 847. The molecule has 2 aromatic heterocycles. The van der Waals surface area contributed by atoms with Crippen molar-refractivity contribution < 1.29 is 13.6 Å². The standard InChI is InChI=1S/C15H8BrF2NOS/c16-10-1-2-11(17)9(15(10)18)6-13(20)8-5-14-12(19-7-8)3-4-21-14/h1-5,7H,6H2. The molecule has 0 saturated heterocycles. The van der Waals surface area contributed by atoms with Gasteiger partial charge in [0.2, 0.25) is 0 Å². The van der Waals surface area contributed by atoms with Gasteiger partial charge in [-0.2, -0.15) is 0 Å². The first-order valence-corrected chi connectivity index (χ1v) is 7.72. The van der Waals surface area contributed by atoms with Gasteiger partial charge in [-0.25, -0.2) is 8.78 Å². The Balaban J connectivity index is 1.94. The van der Waals surface area contributed by atoms with Crippen molar-refractivity contribution in [2.45, 2.75) is 6.42 Å². The van der Waals surface area contributed by atoms with Crippen LogP contribution in [0.15, 0.2) is 40.3 Å². The fourth-order valence-corrected chi connectivity index (χ4v) is 3.14. The van der Waals surface area contributed by atoms with E-state index in [9.17, 15) is 13.6 Å². The Morgan fingerprint density at radius 1 is 1.29 bits per heavy atom. The molecule has 0 aliphatic carbocycles. The fourth-order valence-electron chi connectivity index (χ4n) is 1.99. The quantitative estimate of drug-likeness (QED) is 0.493. The Hall–Kier alpha value is -1.66. The average Bonchev–Trinajstić information content (AvgIpc) is 2.94. The molecule has 0 radical (unpaired) electrons. The number of fused-ring (bicyclic) bond motifs is 1. The molecule has 0 spiro atoms. The minimum Gasteiger partial charge on any atom is -0.294 e. The molecule has 1 aromatic carbocycles. The second-order valence-corrected chi connectivity index (χ2v) is 6.25. The SMILES string of the molecule is O=C(Cc1c(F)ccc(Br)c1F)c1cnc2ccsc2c1. The van der Waals surface area contributed by atoms with Crippen molar-refractivity contribution in [3.63, 3.8) is 0 Å². The molecule has 0 N–H and O–H groups in total. The van der Waals surface area contributed by atoms with E-state index in [0.717, 1.165) is 16.3 Å². The summed E-state index contributed by atoms with van der Waals surface area (Å²) in [5.41, 5.74) is 0.917. The molecule has 0 atom stereocenters. The Morgan fingerprint density at radius 3 is 2.90 bits per heavy atom. The van der Waals surface area contributed by atoms with E-state index >= 15 is 0 Å². The number of carbonyl (C=O) groups excluding carboxylic acids is 1. The molecule has 0 bridgehead atoms. The Morgan fingerprint density at radius 2 is 2.10 bits per heavy atom. The first kappa shape index (κ1) is 14.3. The Labute approximate surface area is 131 Å². The van der Waals surface area contributed by atoms with Gasteiger partial charge in [0.25, 0.3) is 0 Å². The highest BCUT2D eigenvalue weighted by Gasteiger charge is 2.17. The number of nitrogens with zero attached hydrogens (tertiary/aromatic N) is 1. The number of halogens is 3. The molecule has 0 aliphatic rings. The minimum atomic E-state index is -0.742. The van der Waals surface area contributed by atoms with Crippen LogP contribution >= 0.6 is 27.3 Å². The number of carbonyl (C=O) groups is 1. The van der Waals surface area contributed by atoms with Crippen LogP contribution in [0.25, 0.3) is 10.2 Å². The molecule has 0 fully saturated rings. The zero-order valence-electron chi connectivity index (χ0n) is 10.6. The third kappa shape index (κ3) is 2.73. The molecule has 106 valence electrons. The predicted molar refractivity (Wildman–Crippen MR) is 81.7 cm³/mol. The summed E-state index contributed by atoms with van der Waals surface area (Å²) in [7, 11) is 0. The van der Waals surface area contributed by atoms with Gasteiger partial charge in [0.05, 0.1) is 14.7 Å². The van der Waals surface area contributed by atoms with Gasteiger partial charge < -0.3 is 0 Å². The summed E-state index contributed by atoms with van der Waals surface area (Å²) in [6, 6.07) is 5.96. The number of benzene rings is 1. The highest BCUT2D eigenvalue weighted by atomic mass is 79.9. The fraction of sp³-hybridized carbons (Fsp3) is 0.0667. The lowest BCUT2D eigenvalue weighted by Crippen LogP contribution is -2.08. The van der Waals surface area contributed by atoms with Gasteiger partial charge in [-0.05, 0) is 45.6 Å². The molecular formula is C15H8BrF2NOS. The number of hydrogen-bond acceptors (Lipinski definition) is 3. The third-order valence-corrected chi connectivity index (χ3v) is 4.57. The largest absolute Gasteiger partial charge is 0.294 e. The van der Waals surface area contributed by atoms with Crippen molar-refractivity contribution in [3.05, 3.63) is 63.1 Å². The molecular weight excluding hydrogens is 360 g/mol. The summed E-state index contributed by atoms with van der Waals surface area (Å²) in [5.74, 6) is -1.84. The van der Waals surface area contributed by atoms with E-state index < -0.39 is 11.6 Å². The van der Waals surface area contributed by atoms with Gasteiger partial charge in [-0.1, -0.05) is 0 Å². The van der Waals surface area contributed by atoms with Gasteiger partial charge in [-0.15, -0.1) is 11.3 Å². The van der Waals surface area contributed by atoms with Gasteiger partial charge in [0.15, 0.2) is 5.78 Å². The highest BCUT2D eigenvalue weighted by Crippen LogP contribution is 2.24. The van der Waals surface area contributed by atoms with Crippen LogP contribution in [0.2, 0.25) is 0 Å². The minimum absolute atomic E-state index is 0.138. The van der Waals surface area contributed by atoms with Crippen molar-refractivity contribution in [1.82, 2.24) is 4.98 Å². The lowest BCUT2D eigenvalue weighted by molar-refractivity contribution is 0.0990. The molecule has 0 unspecified atom stereocenters. The summed E-state index contributed by atoms with van der Waals surface area (Å²) in [6.45, 7) is 0. The first-order chi connectivity index (χ1) is 10.1. The van der Waals surface area contributed by atoms with E-state index in [2.05, 4.69) is 20.9 Å². The number of ketones is 1. The van der Waals surface area contributed by atoms with Crippen LogP contribution in [-0.2, 0) is 6.42 Å². The predicted octanol–water partition coefficient (Wildman–Crippen LogP) is 4.76. The maximum Gasteiger partial charge on any atom is 0.169 e. The first-order valence-electron chi connectivity index (χ1n) is 6.05. The number of aromatic nitrogens is 1. The van der Waals surface area contributed by atoms with Crippen LogP contribution in [0.4, 0.5) is 8.78 Å². The average molecular weight is 368 g/mol. The van der Waals surface area contributed by atoms with E-state index in [1.54, 1.807) is 6.07 Å². The van der Waals surface area contributed by atoms with Crippen molar-refractivity contribution in [2.24, 2.45) is 0 Å². The molecule has 3 aromatic rings. The van der Waals surface area contributed by atoms with E-state index in [1.807, 2.05) is 11.4 Å². The lowest BCUT2D eigenvalue weighted by atomic mass is 10.0. The molecule has 2 nitrogen and oxygen atoms in total. The van der Waals surface area contributed by atoms with Crippen LogP contribution in [0, 0.1) is 11.6 Å². The zero-order chi connectivity index (χ0) is 15.0. The summed E-state index contributed by atoms with van der Waals surface area (Å²) in [5, 5.41) is 1.87. The number of Topliss-reactive ketones (excluding diaryl/α,β-unsaturated/α-hetero) is 1. The van der Waals surface area contributed by atoms with Crippen LogP contribution in [0.3, 0.4) is 0 Å². The number of pyridine rings is 1. The van der Waals surface area contributed by atoms with Crippen LogP contribution in [-0.4, -0.2) is 10.8 Å². The maximum absolute atomic E-state index is 13.9. The van der Waals surface area contributed by atoms with Gasteiger partial charge in [0, 0.05) is 23.7 Å². The van der Waals surface area contributed by atoms with Crippen molar-refractivity contribution in [3.8, 4) is 0 Å². The molecule has 3 rings (SSSR count). The molecule has 2 heterocycles. The van der Waals surface area contributed by atoms with Crippen molar-refractivity contribution >= 4 is 43.3 Å². The summed E-state index contributed by atoms with van der Waals surface area (Å²) >= 11 is 4.45. The highest BCUT2D eigenvalue weighted by molar-refractivity contribution is 9.10. The molecule has 0 amide bonds. The van der Waals surface area contributed by atoms with Gasteiger partial charge >= 0.3 is 0 Å². The maximum atomic E-state index is 13.9. The van der Waals surface area contributed by atoms with E-state index in [-0.39, 0.29) is 22.2 Å². The smallest absolute Gasteiger partial charge is 0.169 e. The molecule has 0 aliphatic heterocycles. The molecule has 21 heavy (non-hydrogen) atoms. The van der Waals surface area contributed by atoms with Crippen LogP contribution in [0.5, 0.6) is 0 Å². The lowest BCUT2D eigenvalue weighted by Gasteiger charge is -2.06. The van der Waals surface area contributed by atoms with Crippen molar-refractivity contribution in [2.75, 3.05) is 0 Å². The van der Waals surface area contributed by atoms with Crippen LogP contribution in [0.1, 0.15) is 15.9 Å². The topological polar surface area (TPSA) is 30.0 Å². The monoisotopic (exact) mass is 367 g/mol. The van der Waals surface area contributed by atoms with E-state index in [4.69, 9.17) is 0 Å². The van der Waals surface area contributed by atoms with E-state index in [0.29, 0.717) is 5.56 Å². The summed E-state index contributed by atoms with van der Waals surface area (Å²) in [4.78, 5) is 16.4. The van der Waals surface area contributed by atoms with Crippen molar-refractivity contribution in [1.29, 1.82) is 0 Å². The summed E-state index contributed by atoms with van der Waals surface area (Å²) < 4.78 is 28.6. The Kier molecular flexibility index (Phi) is 3.82. The van der Waals surface area contributed by atoms with Gasteiger partial charge in [0.1, 0.15) is 11.6 Å². The second kappa shape index (κ2) is 5.61.